The Morgan fingerprint density at radius 3 is 2.33 bits per heavy atom. The van der Waals surface area contributed by atoms with Crippen LogP contribution in [-0.2, 0) is 12.6 Å². The minimum Gasteiger partial charge on any atom is -0.316 e. The Kier molecular flexibility index (Phi) is 5.31. The van der Waals surface area contributed by atoms with Crippen molar-refractivity contribution >= 4 is 0 Å². The molecular weight excluding hydrogens is 275 g/mol. The summed E-state index contributed by atoms with van der Waals surface area (Å²) in [5.74, 6) is 1.46. The van der Waals surface area contributed by atoms with Crippen LogP contribution in [-0.4, -0.2) is 13.1 Å². The molecule has 0 aromatic heterocycles. The molecule has 1 nitrogen and oxygen atoms in total. The molecule has 1 aliphatic rings. The molecule has 21 heavy (non-hydrogen) atoms. The molecule has 3 atom stereocenters. The van der Waals surface area contributed by atoms with E-state index in [1.807, 2.05) is 7.05 Å². The van der Waals surface area contributed by atoms with Crippen LogP contribution in [0.25, 0.3) is 0 Å². The number of benzene rings is 1. The van der Waals surface area contributed by atoms with E-state index in [1.54, 1.807) is 12.1 Å². The summed E-state index contributed by atoms with van der Waals surface area (Å²) < 4.78 is 37.7. The third-order valence-corrected chi connectivity index (χ3v) is 4.84. The smallest absolute Gasteiger partial charge is 0.316 e. The zero-order chi connectivity index (χ0) is 15.5. The van der Waals surface area contributed by atoms with E-state index in [4.69, 9.17) is 0 Å². The third-order valence-electron chi connectivity index (χ3n) is 4.84. The van der Waals surface area contributed by atoms with Crippen LogP contribution >= 0.6 is 0 Å². The molecule has 0 aliphatic heterocycles. The predicted octanol–water partition coefficient (Wildman–Crippen LogP) is 4.66. The lowest BCUT2D eigenvalue weighted by Gasteiger charge is -2.23. The number of hydrogen-bond acceptors (Lipinski definition) is 1. The fourth-order valence-electron chi connectivity index (χ4n) is 3.44. The van der Waals surface area contributed by atoms with E-state index in [0.717, 1.165) is 17.9 Å². The van der Waals surface area contributed by atoms with Crippen molar-refractivity contribution in [3.63, 3.8) is 0 Å². The van der Waals surface area contributed by atoms with Gasteiger partial charge in [0.25, 0.3) is 0 Å². The number of hydrogen-bond donors (Lipinski definition) is 1. The summed E-state index contributed by atoms with van der Waals surface area (Å²) in [5, 5.41) is 3.36. The van der Waals surface area contributed by atoms with Crippen LogP contribution in [0, 0.1) is 11.8 Å². The lowest BCUT2D eigenvalue weighted by molar-refractivity contribution is -0.137. The van der Waals surface area contributed by atoms with Gasteiger partial charge in [-0.05, 0) is 55.8 Å². The normalized spacial score (nSPS) is 24.2. The summed E-state index contributed by atoms with van der Waals surface area (Å²) in [7, 11) is 1.95. The summed E-state index contributed by atoms with van der Waals surface area (Å²) in [5.41, 5.74) is 0.404. The summed E-state index contributed by atoms with van der Waals surface area (Å²) >= 11 is 0. The SMILES string of the molecule is CCC1CCC(C(Cc2ccc(C(F)(F)F)cc2)NC)C1. The van der Waals surface area contributed by atoms with E-state index >= 15 is 0 Å². The summed E-state index contributed by atoms with van der Waals surface area (Å²) in [6, 6.07) is 5.95. The van der Waals surface area contributed by atoms with Gasteiger partial charge >= 0.3 is 6.18 Å². The van der Waals surface area contributed by atoms with Crippen LogP contribution in [0.15, 0.2) is 24.3 Å². The van der Waals surface area contributed by atoms with E-state index in [-0.39, 0.29) is 0 Å². The third kappa shape index (κ3) is 4.22. The molecule has 0 radical (unpaired) electrons. The van der Waals surface area contributed by atoms with Crippen LogP contribution in [0.2, 0.25) is 0 Å². The second-order valence-corrected chi connectivity index (χ2v) is 6.14. The number of likely N-dealkylation sites (N-methyl/N-ethyl adjacent to an activating group) is 1. The second-order valence-electron chi connectivity index (χ2n) is 6.14. The monoisotopic (exact) mass is 299 g/mol. The largest absolute Gasteiger partial charge is 0.416 e. The van der Waals surface area contributed by atoms with E-state index < -0.39 is 11.7 Å². The lowest BCUT2D eigenvalue weighted by Crippen LogP contribution is -2.34. The Labute approximate surface area is 124 Å². The van der Waals surface area contributed by atoms with Crippen LogP contribution in [0.3, 0.4) is 0 Å². The van der Waals surface area contributed by atoms with Crippen molar-refractivity contribution < 1.29 is 13.2 Å². The molecule has 4 heteroatoms. The summed E-state index contributed by atoms with van der Waals surface area (Å²) in [4.78, 5) is 0. The molecule has 118 valence electrons. The maximum atomic E-state index is 12.6. The van der Waals surface area contributed by atoms with Crippen molar-refractivity contribution in [1.82, 2.24) is 5.32 Å². The first-order valence-corrected chi connectivity index (χ1v) is 7.77. The Bertz CT molecular complexity index is 438. The minimum absolute atomic E-state index is 0.360. The Morgan fingerprint density at radius 1 is 1.19 bits per heavy atom. The van der Waals surface area contributed by atoms with Crippen molar-refractivity contribution in [2.75, 3.05) is 7.05 Å². The van der Waals surface area contributed by atoms with Gasteiger partial charge in [-0.1, -0.05) is 31.9 Å². The first-order chi connectivity index (χ1) is 9.94. The van der Waals surface area contributed by atoms with Gasteiger partial charge in [0.2, 0.25) is 0 Å². The lowest BCUT2D eigenvalue weighted by atomic mass is 9.91. The standard InChI is InChI=1S/C17H24F3N/c1-3-12-4-7-14(10-12)16(21-2)11-13-5-8-15(9-6-13)17(18,19)20/h5-6,8-9,12,14,16,21H,3-4,7,10-11H2,1-2H3. The predicted molar refractivity (Wildman–Crippen MR) is 79.1 cm³/mol. The molecular formula is C17H24F3N. The molecule has 0 saturated heterocycles. The van der Waals surface area contributed by atoms with Gasteiger partial charge in [0.15, 0.2) is 0 Å². The molecule has 1 saturated carbocycles. The van der Waals surface area contributed by atoms with Crippen molar-refractivity contribution in [3.8, 4) is 0 Å². The highest BCUT2D eigenvalue weighted by Gasteiger charge is 2.31. The number of rotatable bonds is 5. The molecule has 1 aromatic carbocycles. The van der Waals surface area contributed by atoms with E-state index in [9.17, 15) is 13.2 Å². The second kappa shape index (κ2) is 6.82. The number of halogens is 3. The zero-order valence-corrected chi connectivity index (χ0v) is 12.7. The van der Waals surface area contributed by atoms with Crippen LogP contribution in [0.4, 0.5) is 13.2 Å². The molecule has 0 heterocycles. The molecule has 0 spiro atoms. The quantitative estimate of drug-likeness (QED) is 0.833. The number of alkyl halides is 3. The highest BCUT2D eigenvalue weighted by Crippen LogP contribution is 2.36. The Balaban J connectivity index is 1.99. The number of nitrogens with one attached hydrogen (secondary N) is 1. The molecule has 0 amide bonds. The first-order valence-electron chi connectivity index (χ1n) is 7.77. The maximum Gasteiger partial charge on any atom is 0.416 e. The van der Waals surface area contributed by atoms with Gasteiger partial charge in [0.05, 0.1) is 5.56 Å². The Hall–Kier alpha value is -1.03. The Morgan fingerprint density at radius 2 is 1.86 bits per heavy atom. The van der Waals surface area contributed by atoms with Crippen molar-refractivity contribution in [2.24, 2.45) is 11.8 Å². The van der Waals surface area contributed by atoms with Crippen molar-refractivity contribution in [1.29, 1.82) is 0 Å². The molecule has 2 rings (SSSR count). The first kappa shape index (κ1) is 16.3. The van der Waals surface area contributed by atoms with Gasteiger partial charge < -0.3 is 5.32 Å². The maximum absolute atomic E-state index is 12.6. The van der Waals surface area contributed by atoms with E-state index in [1.165, 1.54) is 37.8 Å². The molecule has 0 bridgehead atoms. The highest BCUT2D eigenvalue weighted by atomic mass is 19.4. The highest BCUT2D eigenvalue weighted by molar-refractivity contribution is 5.25. The van der Waals surface area contributed by atoms with E-state index in [2.05, 4.69) is 12.2 Å². The molecule has 1 aliphatic carbocycles. The molecule has 3 unspecified atom stereocenters. The average Bonchev–Trinajstić information content (AvgIpc) is 2.93. The molecule has 1 aromatic rings. The molecule has 1 N–H and O–H groups in total. The summed E-state index contributed by atoms with van der Waals surface area (Å²) in [6.45, 7) is 2.23. The van der Waals surface area contributed by atoms with Crippen LogP contribution in [0.5, 0.6) is 0 Å². The van der Waals surface area contributed by atoms with Gasteiger partial charge in [-0.25, -0.2) is 0 Å². The van der Waals surface area contributed by atoms with Crippen LogP contribution in [0.1, 0.15) is 43.7 Å². The van der Waals surface area contributed by atoms with Crippen molar-refractivity contribution in [2.45, 2.75) is 51.2 Å². The van der Waals surface area contributed by atoms with E-state index in [0.29, 0.717) is 12.0 Å². The minimum atomic E-state index is -4.25. The van der Waals surface area contributed by atoms with Crippen LogP contribution < -0.4 is 5.32 Å². The average molecular weight is 299 g/mol. The van der Waals surface area contributed by atoms with Gasteiger partial charge in [-0.3, -0.25) is 0 Å². The summed E-state index contributed by atoms with van der Waals surface area (Å²) in [6.07, 6.45) is 1.53. The fraction of sp³-hybridized carbons (Fsp3) is 0.647. The van der Waals surface area contributed by atoms with Gasteiger partial charge in [-0.15, -0.1) is 0 Å². The zero-order valence-electron chi connectivity index (χ0n) is 12.7. The fourth-order valence-corrected chi connectivity index (χ4v) is 3.44. The van der Waals surface area contributed by atoms with Gasteiger partial charge in [0.1, 0.15) is 0 Å². The van der Waals surface area contributed by atoms with Gasteiger partial charge in [0, 0.05) is 6.04 Å². The van der Waals surface area contributed by atoms with Crippen molar-refractivity contribution in [3.05, 3.63) is 35.4 Å². The topological polar surface area (TPSA) is 12.0 Å². The molecule has 1 fully saturated rings. The van der Waals surface area contributed by atoms with Gasteiger partial charge in [-0.2, -0.15) is 13.2 Å².